The number of thioether (sulfide) groups is 1. The number of amides is 6. The molecule has 18 atom stereocenters. The summed E-state index contributed by atoms with van der Waals surface area (Å²) in [6, 6.07) is -2.51. The van der Waals surface area contributed by atoms with Crippen LogP contribution in [0, 0.1) is 0 Å². The Morgan fingerprint density at radius 3 is 2.09 bits per heavy atom. The third kappa shape index (κ3) is 11.4. The van der Waals surface area contributed by atoms with Gasteiger partial charge in [-0.05, 0) is 39.2 Å². The quantitative estimate of drug-likeness (QED) is 0.0727. The number of aliphatic hydroxyl groups excluding tert-OH is 5. The van der Waals surface area contributed by atoms with E-state index in [0.29, 0.717) is 4.90 Å². The number of hydrogen-bond donors (Lipinski definition) is 14. The molecule has 4 aliphatic heterocycles. The average molecular weight is 985 g/mol. The van der Waals surface area contributed by atoms with E-state index >= 15 is 0 Å². The lowest BCUT2D eigenvalue weighted by Crippen LogP contribution is -2.70. The number of carboxylic acids is 1. The van der Waals surface area contributed by atoms with Gasteiger partial charge in [0.15, 0.2) is 12.6 Å². The first kappa shape index (κ1) is 53.2. The number of urea groups is 1. The van der Waals surface area contributed by atoms with Gasteiger partial charge in [-0.15, -0.1) is 11.8 Å². The minimum absolute atomic E-state index is 0.0121. The van der Waals surface area contributed by atoms with Gasteiger partial charge in [-0.25, -0.2) is 4.79 Å². The number of nitrogens with two attached hydrogens (primary N) is 4. The summed E-state index contributed by atoms with van der Waals surface area (Å²) in [5.41, 5.74) is 24.9. The lowest BCUT2D eigenvalue weighted by molar-refractivity contribution is -0.316. The molecule has 5 aliphatic rings. The van der Waals surface area contributed by atoms with Gasteiger partial charge in [0, 0.05) is 43.0 Å². The van der Waals surface area contributed by atoms with Crippen molar-refractivity contribution >= 4 is 47.4 Å². The van der Waals surface area contributed by atoms with Gasteiger partial charge < -0.3 is 93.4 Å². The van der Waals surface area contributed by atoms with Gasteiger partial charge >= 0.3 is 23.8 Å². The molecule has 1 aromatic rings. The highest BCUT2D eigenvalue weighted by molar-refractivity contribution is 8.01. The monoisotopic (exact) mass is 984 g/mol. The first-order valence-corrected chi connectivity index (χ1v) is 23.2. The van der Waals surface area contributed by atoms with Gasteiger partial charge in [-0.3, -0.25) is 34.2 Å². The maximum absolute atomic E-state index is 14.6. The maximum Gasteiger partial charge on any atom is 0.325 e. The zero-order chi connectivity index (χ0) is 49.9. The summed E-state index contributed by atoms with van der Waals surface area (Å²) in [7, 11) is 0. The van der Waals surface area contributed by atoms with Crippen LogP contribution in [0.15, 0.2) is 30.3 Å². The number of carboxylic acid groups (broad SMARTS) is 1. The first-order valence-electron chi connectivity index (χ1n) is 22.3. The van der Waals surface area contributed by atoms with Crippen LogP contribution in [0.3, 0.4) is 0 Å². The number of rotatable bonds is 15. The summed E-state index contributed by atoms with van der Waals surface area (Å²) >= 11 is 0.973. The molecule has 1 aromatic carbocycles. The molecule has 0 aromatic heterocycles. The fourth-order valence-electron chi connectivity index (χ4n) is 8.98. The van der Waals surface area contributed by atoms with Crippen LogP contribution in [0.25, 0.3) is 0 Å². The third-order valence-electron chi connectivity index (χ3n) is 12.9. The molecule has 380 valence electrons. The molecule has 6 rings (SSSR count). The van der Waals surface area contributed by atoms with E-state index in [9.17, 15) is 59.4 Å². The normalized spacial score (nSPS) is 37.2. The highest BCUT2D eigenvalue weighted by Gasteiger charge is 2.54. The maximum atomic E-state index is 14.6. The van der Waals surface area contributed by atoms with Crippen molar-refractivity contribution in [1.29, 1.82) is 0 Å². The van der Waals surface area contributed by atoms with E-state index in [-0.39, 0.29) is 44.6 Å². The van der Waals surface area contributed by atoms with Gasteiger partial charge in [0.25, 0.3) is 0 Å². The Hall–Kier alpha value is -4.17. The number of hydrogen-bond acceptors (Lipinski definition) is 21. The summed E-state index contributed by atoms with van der Waals surface area (Å²) in [6.45, 7) is 4.00. The molecule has 27 heteroatoms. The minimum Gasteiger partial charge on any atom is -0.480 e. The van der Waals surface area contributed by atoms with E-state index in [2.05, 4.69) is 21.3 Å². The van der Waals surface area contributed by atoms with Crippen molar-refractivity contribution in [2.75, 3.05) is 32.8 Å². The second-order valence-corrected chi connectivity index (χ2v) is 19.7. The zero-order valence-electron chi connectivity index (χ0n) is 37.6. The van der Waals surface area contributed by atoms with E-state index in [0.717, 1.165) is 11.8 Å². The van der Waals surface area contributed by atoms with E-state index in [1.807, 2.05) is 0 Å². The molecule has 68 heavy (non-hydrogen) atoms. The van der Waals surface area contributed by atoms with Crippen molar-refractivity contribution in [3.05, 3.63) is 35.9 Å². The number of ether oxygens (including phenoxy) is 4. The van der Waals surface area contributed by atoms with Crippen LogP contribution in [0.1, 0.15) is 45.2 Å². The number of likely N-dealkylation sites (N-methyl/N-ethyl adjacent to an activating group) is 1. The van der Waals surface area contributed by atoms with Crippen LogP contribution in [0.4, 0.5) is 4.79 Å². The highest BCUT2D eigenvalue weighted by Crippen LogP contribution is 2.40. The number of piperazine rings is 1. The van der Waals surface area contributed by atoms with Crippen LogP contribution in [0.2, 0.25) is 0 Å². The first-order chi connectivity index (χ1) is 32.1. The van der Waals surface area contributed by atoms with Crippen molar-refractivity contribution in [2.45, 2.75) is 147 Å². The Bertz CT molecular complexity index is 1980. The topological polar surface area (TPSA) is 419 Å². The van der Waals surface area contributed by atoms with Crippen molar-refractivity contribution in [3.8, 4) is 0 Å². The number of carbonyl (C=O) groups excluding carboxylic acids is 5. The summed E-state index contributed by atoms with van der Waals surface area (Å²) in [4.78, 5) is 82.6. The Balaban J connectivity index is 1.24. The zero-order valence-corrected chi connectivity index (χ0v) is 38.4. The molecule has 4 saturated heterocycles. The molecule has 0 radical (unpaired) electrons. The van der Waals surface area contributed by atoms with Gasteiger partial charge in [0.1, 0.15) is 54.7 Å². The van der Waals surface area contributed by atoms with E-state index in [1.54, 1.807) is 39.0 Å². The van der Waals surface area contributed by atoms with Gasteiger partial charge in [0.2, 0.25) is 11.8 Å². The standard InChI is InChI=1S/C41H64N10O16S/c1-4-50-10-11-51(36(60)35(50)59)40(63)48-23(16-8-6-5-7-9-16)32(57)47-25(34-49-31(37(61)62)41(2,3)68-34)33(58)46-24-26(54)22(15-52)65-39(27(24)55)67-30-18(44)12-17(43)29(28(30)56)66-38-19(45)13-20(53)21(14-42)64-38/h5-9,17-31,34,38-39,49,52-56H,4,10-15,42-45H2,1-3H3,(H,46,58)(H,47,57)(H,48,63)(H,61,62)/t17-,18+,19+,20-,21+,22+,23-,24-,25+,26+,27+,28-,29+,30-,31+,34+,38+,39+/m0/s1. The SMILES string of the molecule is CCN1CCN(C(=O)N[C@H](C(=O)N[C@H](C(=O)N[C@@H]2[C@@H](O)[C@@H](O[C@@H]3[C@@H](O)[C@H](O[C@H]4O[C@H](CN)[C@@H](O)C[C@H]4N)[C@@H](N)C[C@H]3N)O[C@H](CO)[C@H]2O)[C@@H]2N[C@H](C(=O)O)C(C)(C)S2)c2ccccc2)C(=O)C1=O. The summed E-state index contributed by atoms with van der Waals surface area (Å²) in [6.07, 6.45) is -14.4. The minimum atomic E-state index is -1.98. The Morgan fingerprint density at radius 1 is 0.868 bits per heavy atom. The van der Waals surface area contributed by atoms with E-state index in [4.69, 9.17) is 41.9 Å². The van der Waals surface area contributed by atoms with Crippen LogP contribution >= 0.6 is 11.8 Å². The third-order valence-corrected chi connectivity index (χ3v) is 14.4. The fourth-order valence-corrected chi connectivity index (χ4v) is 10.5. The van der Waals surface area contributed by atoms with Crippen LogP contribution in [0.5, 0.6) is 0 Å². The molecule has 0 bridgehead atoms. The molecule has 6 amide bonds. The second kappa shape index (κ2) is 22.3. The number of carbonyl (C=O) groups is 6. The lowest BCUT2D eigenvalue weighted by Gasteiger charge is -2.48. The molecule has 1 aliphatic carbocycles. The molecule has 0 spiro atoms. The van der Waals surface area contributed by atoms with Gasteiger partial charge in [-0.1, -0.05) is 30.3 Å². The summed E-state index contributed by atoms with van der Waals surface area (Å²) < 4.78 is 22.5. The van der Waals surface area contributed by atoms with E-state index in [1.165, 1.54) is 17.0 Å². The molecule has 5 fully saturated rings. The van der Waals surface area contributed by atoms with Gasteiger partial charge in [0.05, 0.1) is 36.3 Å². The Kier molecular flexibility index (Phi) is 17.4. The molecule has 26 nitrogen and oxygen atoms in total. The van der Waals surface area contributed by atoms with Crippen LogP contribution in [-0.2, 0) is 42.9 Å². The molecule has 0 unspecified atom stereocenters. The molecule has 4 heterocycles. The average Bonchev–Trinajstić information content (AvgIpc) is 3.62. The van der Waals surface area contributed by atoms with E-state index < -0.39 is 156 Å². The number of aliphatic carboxylic acids is 1. The van der Waals surface area contributed by atoms with Crippen LogP contribution < -0.4 is 44.2 Å². The Morgan fingerprint density at radius 2 is 1.50 bits per heavy atom. The van der Waals surface area contributed by atoms with Crippen molar-refractivity contribution in [3.63, 3.8) is 0 Å². The summed E-state index contributed by atoms with van der Waals surface area (Å²) in [5, 5.41) is 74.6. The molecule has 1 saturated carbocycles. The number of benzene rings is 1. The Labute approximate surface area is 395 Å². The number of nitrogens with zero attached hydrogens (tertiary/aromatic N) is 2. The van der Waals surface area contributed by atoms with Crippen molar-refractivity contribution in [2.24, 2.45) is 22.9 Å². The number of aliphatic hydroxyl groups is 5. The van der Waals surface area contributed by atoms with Crippen molar-refractivity contribution in [1.82, 2.24) is 31.1 Å². The van der Waals surface area contributed by atoms with Crippen LogP contribution in [-0.4, -0.2) is 217 Å². The molecule has 18 N–H and O–H groups in total. The highest BCUT2D eigenvalue weighted by atomic mass is 32.2. The summed E-state index contributed by atoms with van der Waals surface area (Å²) in [5.74, 6) is -5.44. The predicted octanol–water partition coefficient (Wildman–Crippen LogP) is -6.62. The smallest absolute Gasteiger partial charge is 0.325 e. The van der Waals surface area contributed by atoms with Gasteiger partial charge in [-0.2, -0.15) is 0 Å². The second-order valence-electron chi connectivity index (χ2n) is 17.9. The number of nitrogens with one attached hydrogen (secondary N) is 4. The lowest BCUT2D eigenvalue weighted by atomic mass is 9.84. The molecular weight excluding hydrogens is 921 g/mol. The largest absolute Gasteiger partial charge is 0.480 e. The van der Waals surface area contributed by atoms with Crippen molar-refractivity contribution < 1.29 is 78.4 Å². The molecular formula is C41H64N10O16S. The predicted molar refractivity (Wildman–Crippen MR) is 236 cm³/mol. The fraction of sp³-hybridized carbons (Fsp3) is 0.707. The number of imide groups is 1.